The van der Waals surface area contributed by atoms with Gasteiger partial charge < -0.3 is 5.32 Å². The van der Waals surface area contributed by atoms with Crippen LogP contribution < -0.4 is 5.32 Å². The highest BCUT2D eigenvalue weighted by atomic mass is 15.1. The average Bonchev–Trinajstić information content (AvgIpc) is 2.89. The van der Waals surface area contributed by atoms with Crippen molar-refractivity contribution < 1.29 is 0 Å². The lowest BCUT2D eigenvalue weighted by molar-refractivity contribution is 0.970. The van der Waals surface area contributed by atoms with Gasteiger partial charge in [-0.1, -0.05) is 12.1 Å². The van der Waals surface area contributed by atoms with Crippen molar-refractivity contribution in [3.8, 4) is 0 Å². The number of H-pyrrole nitrogens is 1. The Bertz CT molecular complexity index is 660. The van der Waals surface area contributed by atoms with Gasteiger partial charge in [-0.15, -0.1) is 0 Å². The molecule has 0 aliphatic carbocycles. The molecule has 3 aromatic rings. The summed E-state index contributed by atoms with van der Waals surface area (Å²) in [6.07, 6.45) is 1.73. The molecule has 0 atom stereocenters. The first-order valence-corrected chi connectivity index (χ1v) is 5.78. The molecule has 0 spiro atoms. The Balaban J connectivity index is 1.89. The van der Waals surface area contributed by atoms with Gasteiger partial charge in [-0.3, -0.25) is 5.10 Å². The molecule has 1 aromatic carbocycles. The van der Waals surface area contributed by atoms with E-state index in [0.29, 0.717) is 6.54 Å². The van der Waals surface area contributed by atoms with Crippen molar-refractivity contribution in [2.75, 3.05) is 5.32 Å². The molecule has 2 N–H and O–H groups in total. The number of anilines is 1. The third kappa shape index (κ3) is 2.02. The average molecular weight is 239 g/mol. The van der Waals surface area contributed by atoms with Gasteiger partial charge in [-0.25, -0.2) is 9.97 Å². The maximum Gasteiger partial charge on any atom is 0.148 e. The zero-order valence-electron chi connectivity index (χ0n) is 10.0. The monoisotopic (exact) mass is 239 g/mol. The van der Waals surface area contributed by atoms with Crippen molar-refractivity contribution in [1.82, 2.24) is 20.2 Å². The van der Waals surface area contributed by atoms with Gasteiger partial charge in [0.2, 0.25) is 0 Å². The maximum absolute atomic E-state index is 4.57. The molecule has 0 unspecified atom stereocenters. The Morgan fingerprint density at radius 2 is 1.89 bits per heavy atom. The third-order valence-electron chi connectivity index (χ3n) is 2.75. The third-order valence-corrected chi connectivity index (χ3v) is 2.75. The van der Waals surface area contributed by atoms with E-state index < -0.39 is 0 Å². The zero-order chi connectivity index (χ0) is 12.4. The number of hydrogen-bond acceptors (Lipinski definition) is 4. The minimum absolute atomic E-state index is 0.661. The molecule has 2 heterocycles. The SMILES string of the molecule is Cc1nc2ccccc2nc1NCc1ccn[nH]1. The predicted octanol–water partition coefficient (Wildman–Crippen LogP) is 2.27. The number of benzene rings is 1. The molecule has 90 valence electrons. The van der Waals surface area contributed by atoms with Crippen LogP contribution in [0.25, 0.3) is 11.0 Å². The highest BCUT2D eigenvalue weighted by Crippen LogP contribution is 2.16. The quantitative estimate of drug-likeness (QED) is 0.735. The molecule has 0 aliphatic heterocycles. The number of fused-ring (bicyclic) bond motifs is 1. The van der Waals surface area contributed by atoms with Gasteiger partial charge in [0.15, 0.2) is 0 Å². The van der Waals surface area contributed by atoms with Gasteiger partial charge in [0.1, 0.15) is 5.82 Å². The van der Waals surface area contributed by atoms with Gasteiger partial charge >= 0.3 is 0 Å². The number of nitrogens with one attached hydrogen (secondary N) is 2. The van der Waals surface area contributed by atoms with Crippen molar-refractivity contribution in [2.24, 2.45) is 0 Å². The fourth-order valence-electron chi connectivity index (χ4n) is 1.82. The first-order chi connectivity index (χ1) is 8.83. The minimum Gasteiger partial charge on any atom is -0.363 e. The van der Waals surface area contributed by atoms with Crippen molar-refractivity contribution in [3.63, 3.8) is 0 Å². The Hall–Kier alpha value is -2.43. The van der Waals surface area contributed by atoms with Crippen LogP contribution in [0.15, 0.2) is 36.5 Å². The van der Waals surface area contributed by atoms with Crippen molar-refractivity contribution in [3.05, 3.63) is 47.9 Å². The van der Waals surface area contributed by atoms with Gasteiger partial charge in [0.05, 0.1) is 29.0 Å². The van der Waals surface area contributed by atoms with E-state index in [1.54, 1.807) is 6.20 Å². The molecule has 18 heavy (non-hydrogen) atoms. The summed E-state index contributed by atoms with van der Waals surface area (Å²) in [6.45, 7) is 2.61. The van der Waals surface area contributed by atoms with Crippen LogP contribution in [0.4, 0.5) is 5.82 Å². The van der Waals surface area contributed by atoms with Gasteiger partial charge in [0, 0.05) is 6.20 Å². The predicted molar refractivity (Wildman–Crippen MR) is 70.2 cm³/mol. The molecule has 3 rings (SSSR count). The van der Waals surface area contributed by atoms with E-state index in [0.717, 1.165) is 28.2 Å². The lowest BCUT2D eigenvalue weighted by Gasteiger charge is -2.08. The van der Waals surface area contributed by atoms with Crippen LogP contribution in [-0.4, -0.2) is 20.2 Å². The number of aromatic nitrogens is 4. The number of nitrogens with zero attached hydrogens (tertiary/aromatic N) is 3. The van der Waals surface area contributed by atoms with E-state index in [-0.39, 0.29) is 0 Å². The minimum atomic E-state index is 0.661. The summed E-state index contributed by atoms with van der Waals surface area (Å²) in [5.41, 5.74) is 3.73. The highest BCUT2D eigenvalue weighted by Gasteiger charge is 2.04. The fourth-order valence-corrected chi connectivity index (χ4v) is 1.82. The normalized spacial score (nSPS) is 10.7. The first kappa shape index (κ1) is 10.7. The van der Waals surface area contributed by atoms with Crippen LogP contribution in [0.5, 0.6) is 0 Å². The molecule has 0 radical (unpaired) electrons. The maximum atomic E-state index is 4.57. The second-order valence-corrected chi connectivity index (χ2v) is 4.08. The molecule has 0 saturated carbocycles. The zero-order valence-corrected chi connectivity index (χ0v) is 10.0. The highest BCUT2D eigenvalue weighted by molar-refractivity contribution is 5.76. The topological polar surface area (TPSA) is 66.5 Å². The second-order valence-electron chi connectivity index (χ2n) is 4.08. The second kappa shape index (κ2) is 4.44. The summed E-state index contributed by atoms with van der Waals surface area (Å²) >= 11 is 0. The smallest absolute Gasteiger partial charge is 0.148 e. The Morgan fingerprint density at radius 3 is 2.61 bits per heavy atom. The van der Waals surface area contributed by atoms with Crippen LogP contribution >= 0.6 is 0 Å². The van der Waals surface area contributed by atoms with Crippen LogP contribution in [-0.2, 0) is 6.54 Å². The summed E-state index contributed by atoms with van der Waals surface area (Å²) in [5, 5.41) is 10.1. The number of aromatic amines is 1. The van der Waals surface area contributed by atoms with Crippen LogP contribution in [0.2, 0.25) is 0 Å². The lowest BCUT2D eigenvalue weighted by atomic mass is 10.3. The summed E-state index contributed by atoms with van der Waals surface area (Å²) in [5.74, 6) is 0.809. The van der Waals surface area contributed by atoms with Crippen LogP contribution in [0, 0.1) is 6.92 Å². The molecular weight excluding hydrogens is 226 g/mol. The summed E-state index contributed by atoms with van der Waals surface area (Å²) in [6, 6.07) is 9.78. The molecule has 0 fully saturated rings. The van der Waals surface area contributed by atoms with Crippen LogP contribution in [0.1, 0.15) is 11.4 Å². The number of hydrogen-bond donors (Lipinski definition) is 2. The van der Waals surface area contributed by atoms with Crippen molar-refractivity contribution >= 4 is 16.9 Å². The van der Waals surface area contributed by atoms with Gasteiger partial charge in [0.25, 0.3) is 0 Å². The van der Waals surface area contributed by atoms with E-state index in [9.17, 15) is 0 Å². The van der Waals surface area contributed by atoms with Crippen LogP contribution in [0.3, 0.4) is 0 Å². The number of rotatable bonds is 3. The first-order valence-electron chi connectivity index (χ1n) is 5.78. The Morgan fingerprint density at radius 1 is 1.11 bits per heavy atom. The molecule has 5 nitrogen and oxygen atoms in total. The summed E-state index contributed by atoms with van der Waals surface area (Å²) in [7, 11) is 0. The number of aryl methyl sites for hydroxylation is 1. The van der Waals surface area contributed by atoms with Gasteiger partial charge in [-0.2, -0.15) is 5.10 Å². The molecule has 5 heteroatoms. The van der Waals surface area contributed by atoms with Gasteiger partial charge in [-0.05, 0) is 25.1 Å². The van der Waals surface area contributed by atoms with Crippen molar-refractivity contribution in [1.29, 1.82) is 0 Å². The van der Waals surface area contributed by atoms with Crippen molar-refractivity contribution in [2.45, 2.75) is 13.5 Å². The van der Waals surface area contributed by atoms with E-state index in [2.05, 4.69) is 25.5 Å². The van der Waals surface area contributed by atoms with E-state index in [4.69, 9.17) is 0 Å². The fraction of sp³-hybridized carbons (Fsp3) is 0.154. The molecular formula is C13H13N5. The molecule has 0 saturated heterocycles. The molecule has 2 aromatic heterocycles. The standard InChI is InChI=1S/C13H13N5/c1-9-13(14-8-10-6-7-15-18-10)17-12-5-3-2-4-11(12)16-9/h2-7H,8H2,1H3,(H,14,17)(H,15,18). The molecule has 0 bridgehead atoms. The molecule has 0 amide bonds. The van der Waals surface area contributed by atoms with E-state index in [1.807, 2.05) is 37.3 Å². The van der Waals surface area contributed by atoms with E-state index >= 15 is 0 Å². The Labute approximate surface area is 104 Å². The lowest BCUT2D eigenvalue weighted by Crippen LogP contribution is -2.05. The largest absolute Gasteiger partial charge is 0.363 e. The summed E-state index contributed by atoms with van der Waals surface area (Å²) < 4.78 is 0. The number of para-hydroxylation sites is 2. The Kier molecular flexibility index (Phi) is 2.64. The van der Waals surface area contributed by atoms with E-state index in [1.165, 1.54) is 0 Å². The summed E-state index contributed by atoms with van der Waals surface area (Å²) in [4.78, 5) is 9.09. The molecule has 0 aliphatic rings.